The number of aliphatic hydroxyl groups is 1. The maximum atomic E-state index is 12.3. The molecule has 5 heteroatoms. The first-order valence-electron chi connectivity index (χ1n) is 7.88. The predicted molar refractivity (Wildman–Crippen MR) is 97.7 cm³/mol. The minimum atomic E-state index is -0.165. The highest BCUT2D eigenvalue weighted by Gasteiger charge is 2.05. The lowest BCUT2D eigenvalue weighted by Gasteiger charge is -2.11. The number of rotatable bonds is 4. The van der Waals surface area contributed by atoms with Gasteiger partial charge in [0, 0.05) is 24.9 Å². The number of hydrogen-bond donors (Lipinski definition) is 2. The van der Waals surface area contributed by atoms with Gasteiger partial charge in [0.05, 0.1) is 12.3 Å². The van der Waals surface area contributed by atoms with Crippen LogP contribution in [-0.2, 0) is 11.4 Å². The third-order valence-corrected chi connectivity index (χ3v) is 3.83. The molecule has 0 aliphatic heterocycles. The largest absolute Gasteiger partial charge is 0.392 e. The van der Waals surface area contributed by atoms with Gasteiger partial charge < -0.3 is 10.4 Å². The van der Waals surface area contributed by atoms with Gasteiger partial charge >= 0.3 is 0 Å². The highest BCUT2D eigenvalue weighted by molar-refractivity contribution is 5.88. The van der Waals surface area contributed by atoms with Crippen molar-refractivity contribution in [3.05, 3.63) is 82.8 Å². The highest BCUT2D eigenvalue weighted by atomic mass is 16.3. The minimum absolute atomic E-state index is 0.00425. The highest BCUT2D eigenvalue weighted by Crippen LogP contribution is 2.21. The Balaban J connectivity index is 2.02. The van der Waals surface area contributed by atoms with Gasteiger partial charge in [-0.05, 0) is 41.0 Å². The molecule has 0 saturated heterocycles. The van der Waals surface area contributed by atoms with Crippen molar-refractivity contribution in [2.24, 2.45) is 0 Å². The predicted octanol–water partition coefficient (Wildman–Crippen LogP) is 2.96. The van der Waals surface area contributed by atoms with Crippen LogP contribution in [0.2, 0.25) is 0 Å². The molecule has 2 aromatic carbocycles. The first kappa shape index (κ1) is 16.7. The van der Waals surface area contributed by atoms with Gasteiger partial charge in [-0.3, -0.25) is 14.2 Å². The van der Waals surface area contributed by atoms with E-state index in [-0.39, 0.29) is 18.1 Å². The molecule has 126 valence electrons. The molecule has 1 amide bonds. The number of aromatic nitrogens is 1. The maximum absolute atomic E-state index is 12.3. The summed E-state index contributed by atoms with van der Waals surface area (Å²) in [5.41, 5.74) is 3.81. The quantitative estimate of drug-likeness (QED) is 0.770. The summed E-state index contributed by atoms with van der Waals surface area (Å²) in [5.74, 6) is -0.165. The van der Waals surface area contributed by atoms with Crippen LogP contribution < -0.4 is 10.9 Å². The minimum Gasteiger partial charge on any atom is -0.392 e. The molecule has 1 heterocycles. The molecule has 25 heavy (non-hydrogen) atoms. The van der Waals surface area contributed by atoms with Crippen LogP contribution in [0, 0.1) is 0 Å². The summed E-state index contributed by atoms with van der Waals surface area (Å²) in [6.07, 6.45) is 1.77. The number of carbonyl (C=O) groups is 1. The van der Waals surface area contributed by atoms with Crippen molar-refractivity contribution in [1.29, 1.82) is 0 Å². The number of nitrogens with zero attached hydrogens (tertiary/aromatic N) is 1. The Hall–Kier alpha value is -3.18. The van der Waals surface area contributed by atoms with Gasteiger partial charge in [-0.25, -0.2) is 0 Å². The van der Waals surface area contributed by atoms with E-state index >= 15 is 0 Å². The smallest absolute Gasteiger partial charge is 0.255 e. The van der Waals surface area contributed by atoms with Crippen LogP contribution in [0.1, 0.15) is 12.5 Å². The first-order valence-corrected chi connectivity index (χ1v) is 7.88. The molecule has 3 aromatic rings. The van der Waals surface area contributed by atoms with Crippen molar-refractivity contribution in [2.45, 2.75) is 13.5 Å². The fourth-order valence-corrected chi connectivity index (χ4v) is 2.60. The molecule has 3 rings (SSSR count). The number of amides is 1. The van der Waals surface area contributed by atoms with Crippen LogP contribution in [0.15, 0.2) is 71.7 Å². The van der Waals surface area contributed by atoms with Crippen molar-refractivity contribution in [1.82, 2.24) is 4.57 Å². The summed E-state index contributed by atoms with van der Waals surface area (Å²) < 4.78 is 1.54. The van der Waals surface area contributed by atoms with Gasteiger partial charge in [0.2, 0.25) is 5.91 Å². The van der Waals surface area contributed by atoms with Gasteiger partial charge in [-0.1, -0.05) is 30.3 Å². The number of nitrogens with one attached hydrogen (secondary N) is 1. The Morgan fingerprint density at radius 3 is 2.44 bits per heavy atom. The van der Waals surface area contributed by atoms with Gasteiger partial charge in [-0.2, -0.15) is 0 Å². The van der Waals surface area contributed by atoms with Gasteiger partial charge in [0.25, 0.3) is 5.56 Å². The van der Waals surface area contributed by atoms with E-state index in [4.69, 9.17) is 5.11 Å². The molecule has 0 saturated carbocycles. The Bertz CT molecular complexity index is 959. The third kappa shape index (κ3) is 3.84. The van der Waals surface area contributed by atoms with E-state index in [9.17, 15) is 9.59 Å². The lowest BCUT2D eigenvalue weighted by atomic mass is 10.1. The standard InChI is InChI=1S/C20H18N2O3/c1-14(24)21-18-3-2-4-19(11-18)22-12-17(9-10-20(22)25)16-7-5-15(13-23)6-8-16/h2-12,23H,13H2,1H3,(H,21,24). The second-order valence-electron chi connectivity index (χ2n) is 5.71. The number of anilines is 1. The van der Waals surface area contributed by atoms with Crippen LogP contribution in [0.25, 0.3) is 16.8 Å². The van der Waals surface area contributed by atoms with E-state index in [1.54, 1.807) is 35.0 Å². The van der Waals surface area contributed by atoms with E-state index in [1.807, 2.05) is 30.3 Å². The molecule has 0 atom stereocenters. The van der Waals surface area contributed by atoms with Crippen LogP contribution in [0.3, 0.4) is 0 Å². The van der Waals surface area contributed by atoms with E-state index in [0.717, 1.165) is 16.7 Å². The third-order valence-electron chi connectivity index (χ3n) is 3.83. The monoisotopic (exact) mass is 334 g/mol. The van der Waals surface area contributed by atoms with Crippen molar-refractivity contribution in [2.75, 3.05) is 5.32 Å². The summed E-state index contributed by atoms with van der Waals surface area (Å²) in [4.78, 5) is 23.5. The number of aliphatic hydroxyl groups excluding tert-OH is 1. The van der Waals surface area contributed by atoms with Crippen LogP contribution in [0.5, 0.6) is 0 Å². The molecule has 0 spiro atoms. The lowest BCUT2D eigenvalue weighted by Crippen LogP contribution is -2.16. The number of carbonyl (C=O) groups excluding carboxylic acids is 1. The zero-order chi connectivity index (χ0) is 17.8. The molecular weight excluding hydrogens is 316 g/mol. The molecule has 2 N–H and O–H groups in total. The van der Waals surface area contributed by atoms with Crippen molar-refractivity contribution < 1.29 is 9.90 Å². The molecule has 0 bridgehead atoms. The maximum Gasteiger partial charge on any atom is 0.255 e. The molecule has 0 fully saturated rings. The summed E-state index contributed by atoms with van der Waals surface area (Å²) in [5, 5.41) is 11.9. The normalized spacial score (nSPS) is 10.5. The fourth-order valence-electron chi connectivity index (χ4n) is 2.60. The van der Waals surface area contributed by atoms with Gasteiger partial charge in [0.1, 0.15) is 0 Å². The van der Waals surface area contributed by atoms with Crippen molar-refractivity contribution >= 4 is 11.6 Å². The molecule has 5 nitrogen and oxygen atoms in total. The van der Waals surface area contributed by atoms with Gasteiger partial charge in [0.15, 0.2) is 0 Å². The topological polar surface area (TPSA) is 71.3 Å². The molecule has 0 aliphatic rings. The Kier molecular flexibility index (Phi) is 4.77. The molecular formula is C20H18N2O3. The summed E-state index contributed by atoms with van der Waals surface area (Å²) in [7, 11) is 0. The summed E-state index contributed by atoms with van der Waals surface area (Å²) in [6, 6.07) is 17.9. The number of benzene rings is 2. The first-order chi connectivity index (χ1) is 12.1. The van der Waals surface area contributed by atoms with E-state index < -0.39 is 0 Å². The Morgan fingerprint density at radius 2 is 1.76 bits per heavy atom. The average molecular weight is 334 g/mol. The van der Waals surface area contributed by atoms with Crippen LogP contribution in [0.4, 0.5) is 5.69 Å². The fraction of sp³-hybridized carbons (Fsp3) is 0.100. The summed E-state index contributed by atoms with van der Waals surface area (Å²) in [6.45, 7) is 1.44. The molecule has 0 unspecified atom stereocenters. The van der Waals surface area contributed by atoms with E-state index in [0.29, 0.717) is 11.4 Å². The van der Waals surface area contributed by atoms with Crippen LogP contribution in [-0.4, -0.2) is 15.6 Å². The van der Waals surface area contributed by atoms with Crippen molar-refractivity contribution in [3.63, 3.8) is 0 Å². The van der Waals surface area contributed by atoms with Gasteiger partial charge in [-0.15, -0.1) is 0 Å². The van der Waals surface area contributed by atoms with Crippen LogP contribution >= 0.6 is 0 Å². The lowest BCUT2D eigenvalue weighted by molar-refractivity contribution is -0.114. The van der Waals surface area contributed by atoms with E-state index in [2.05, 4.69) is 5.32 Å². The van der Waals surface area contributed by atoms with Crippen molar-refractivity contribution in [3.8, 4) is 16.8 Å². The zero-order valence-corrected chi connectivity index (χ0v) is 13.8. The second-order valence-corrected chi connectivity index (χ2v) is 5.71. The Morgan fingerprint density at radius 1 is 1.04 bits per heavy atom. The Labute approximate surface area is 145 Å². The average Bonchev–Trinajstić information content (AvgIpc) is 2.62. The molecule has 1 aromatic heterocycles. The van der Waals surface area contributed by atoms with E-state index in [1.165, 1.54) is 13.0 Å². The molecule has 0 radical (unpaired) electrons. The summed E-state index contributed by atoms with van der Waals surface area (Å²) >= 11 is 0. The second kappa shape index (κ2) is 7.15. The molecule has 0 aliphatic carbocycles. The number of pyridine rings is 1. The number of hydrogen-bond acceptors (Lipinski definition) is 3. The SMILES string of the molecule is CC(=O)Nc1cccc(-n2cc(-c3ccc(CO)cc3)ccc2=O)c1. The zero-order valence-electron chi connectivity index (χ0n) is 13.8.